The maximum absolute atomic E-state index is 5.53. The molecule has 0 aliphatic carbocycles. The molecule has 2 atom stereocenters. The molecular weight excluding hydrogens is 230 g/mol. The Kier molecular flexibility index (Phi) is 4.44. The summed E-state index contributed by atoms with van der Waals surface area (Å²) in [7, 11) is 3.34. The SMILES string of the molecule is COc1ccc(CNC2CCOC2C)c(OC)c1. The second kappa shape index (κ2) is 6.07. The summed E-state index contributed by atoms with van der Waals surface area (Å²) in [5.41, 5.74) is 1.14. The minimum Gasteiger partial charge on any atom is -0.497 e. The zero-order chi connectivity index (χ0) is 13.0. The summed E-state index contributed by atoms with van der Waals surface area (Å²) in [5.74, 6) is 1.67. The van der Waals surface area contributed by atoms with E-state index in [4.69, 9.17) is 14.2 Å². The first-order valence-electron chi connectivity index (χ1n) is 6.30. The van der Waals surface area contributed by atoms with Gasteiger partial charge < -0.3 is 19.5 Å². The van der Waals surface area contributed by atoms with Crippen LogP contribution >= 0.6 is 0 Å². The highest BCUT2D eigenvalue weighted by Gasteiger charge is 2.23. The molecule has 1 heterocycles. The lowest BCUT2D eigenvalue weighted by atomic mass is 10.1. The first kappa shape index (κ1) is 13.2. The van der Waals surface area contributed by atoms with Gasteiger partial charge in [-0.3, -0.25) is 0 Å². The molecule has 1 saturated heterocycles. The maximum atomic E-state index is 5.53. The Morgan fingerprint density at radius 3 is 2.78 bits per heavy atom. The van der Waals surface area contributed by atoms with E-state index in [9.17, 15) is 0 Å². The summed E-state index contributed by atoms with van der Waals surface area (Å²) in [6.45, 7) is 3.74. The number of hydrogen-bond acceptors (Lipinski definition) is 4. The highest BCUT2D eigenvalue weighted by atomic mass is 16.5. The van der Waals surface area contributed by atoms with E-state index in [2.05, 4.69) is 12.2 Å². The fourth-order valence-corrected chi connectivity index (χ4v) is 2.24. The lowest BCUT2D eigenvalue weighted by Gasteiger charge is -2.17. The highest BCUT2D eigenvalue weighted by molar-refractivity contribution is 5.40. The number of hydrogen-bond donors (Lipinski definition) is 1. The van der Waals surface area contributed by atoms with Crippen molar-refractivity contribution in [1.29, 1.82) is 0 Å². The van der Waals surface area contributed by atoms with Gasteiger partial charge in [0.2, 0.25) is 0 Å². The standard InChI is InChI=1S/C14H21NO3/c1-10-13(6-7-18-10)15-9-11-4-5-12(16-2)8-14(11)17-3/h4-5,8,10,13,15H,6-7,9H2,1-3H3. The van der Waals surface area contributed by atoms with Crippen LogP contribution in [0.15, 0.2) is 18.2 Å². The van der Waals surface area contributed by atoms with Gasteiger partial charge in [-0.15, -0.1) is 0 Å². The number of methoxy groups -OCH3 is 2. The number of benzene rings is 1. The molecule has 0 spiro atoms. The summed E-state index contributed by atoms with van der Waals surface area (Å²) >= 11 is 0. The van der Waals surface area contributed by atoms with Gasteiger partial charge in [0.05, 0.1) is 20.3 Å². The Morgan fingerprint density at radius 2 is 2.17 bits per heavy atom. The summed E-state index contributed by atoms with van der Waals surface area (Å²) in [6.07, 6.45) is 1.36. The third-order valence-corrected chi connectivity index (χ3v) is 3.43. The van der Waals surface area contributed by atoms with Crippen molar-refractivity contribution in [3.8, 4) is 11.5 Å². The molecule has 100 valence electrons. The lowest BCUT2D eigenvalue weighted by Crippen LogP contribution is -2.34. The first-order valence-corrected chi connectivity index (χ1v) is 6.30. The first-order chi connectivity index (χ1) is 8.74. The van der Waals surface area contributed by atoms with E-state index < -0.39 is 0 Å². The van der Waals surface area contributed by atoms with Crippen molar-refractivity contribution in [3.63, 3.8) is 0 Å². The van der Waals surface area contributed by atoms with Crippen LogP contribution in [0.4, 0.5) is 0 Å². The van der Waals surface area contributed by atoms with Gasteiger partial charge in [0.15, 0.2) is 0 Å². The van der Waals surface area contributed by atoms with Crippen molar-refractivity contribution < 1.29 is 14.2 Å². The Balaban J connectivity index is 2.00. The molecule has 2 unspecified atom stereocenters. The average Bonchev–Trinajstić information content (AvgIpc) is 2.81. The Labute approximate surface area is 108 Å². The highest BCUT2D eigenvalue weighted by Crippen LogP contribution is 2.25. The monoisotopic (exact) mass is 251 g/mol. The number of nitrogens with one attached hydrogen (secondary N) is 1. The average molecular weight is 251 g/mol. The van der Waals surface area contributed by atoms with E-state index in [-0.39, 0.29) is 6.10 Å². The normalized spacial score (nSPS) is 23.1. The number of rotatable bonds is 5. The maximum Gasteiger partial charge on any atom is 0.127 e. The molecule has 1 aliphatic heterocycles. The van der Waals surface area contributed by atoms with Gasteiger partial charge in [0.1, 0.15) is 11.5 Å². The van der Waals surface area contributed by atoms with Crippen molar-refractivity contribution in [2.24, 2.45) is 0 Å². The largest absolute Gasteiger partial charge is 0.497 e. The fourth-order valence-electron chi connectivity index (χ4n) is 2.24. The molecule has 0 aromatic heterocycles. The molecule has 1 fully saturated rings. The second-order valence-electron chi connectivity index (χ2n) is 4.53. The van der Waals surface area contributed by atoms with E-state index in [1.807, 2.05) is 18.2 Å². The van der Waals surface area contributed by atoms with E-state index in [1.165, 1.54) is 0 Å². The van der Waals surface area contributed by atoms with Crippen molar-refractivity contribution in [3.05, 3.63) is 23.8 Å². The molecule has 2 rings (SSSR count). The fraction of sp³-hybridized carbons (Fsp3) is 0.571. The van der Waals surface area contributed by atoms with Crippen LogP contribution in [0.5, 0.6) is 11.5 Å². The molecule has 4 heteroatoms. The smallest absolute Gasteiger partial charge is 0.127 e. The summed E-state index contributed by atoms with van der Waals surface area (Å²) < 4.78 is 16.1. The minimum absolute atomic E-state index is 0.286. The third-order valence-electron chi connectivity index (χ3n) is 3.43. The minimum atomic E-state index is 0.286. The topological polar surface area (TPSA) is 39.7 Å². The van der Waals surface area contributed by atoms with Crippen molar-refractivity contribution in [2.75, 3.05) is 20.8 Å². The van der Waals surface area contributed by atoms with E-state index >= 15 is 0 Å². The molecule has 0 saturated carbocycles. The molecule has 1 aromatic rings. The molecule has 1 aliphatic rings. The molecular formula is C14H21NO3. The van der Waals surface area contributed by atoms with Gasteiger partial charge in [-0.25, -0.2) is 0 Å². The molecule has 0 bridgehead atoms. The second-order valence-corrected chi connectivity index (χ2v) is 4.53. The van der Waals surface area contributed by atoms with Gasteiger partial charge in [0.25, 0.3) is 0 Å². The predicted molar refractivity (Wildman–Crippen MR) is 70.2 cm³/mol. The van der Waals surface area contributed by atoms with Gasteiger partial charge in [-0.2, -0.15) is 0 Å². The van der Waals surface area contributed by atoms with Gasteiger partial charge in [0, 0.05) is 30.8 Å². The molecule has 1 N–H and O–H groups in total. The molecule has 0 amide bonds. The van der Waals surface area contributed by atoms with E-state index in [0.717, 1.165) is 36.6 Å². The van der Waals surface area contributed by atoms with Gasteiger partial charge in [-0.1, -0.05) is 6.07 Å². The Morgan fingerprint density at radius 1 is 1.33 bits per heavy atom. The van der Waals surface area contributed by atoms with Crippen LogP contribution in [0.25, 0.3) is 0 Å². The molecule has 1 aromatic carbocycles. The van der Waals surface area contributed by atoms with Crippen molar-refractivity contribution in [2.45, 2.75) is 32.0 Å². The molecule has 18 heavy (non-hydrogen) atoms. The van der Waals surface area contributed by atoms with Crippen LogP contribution in [0.3, 0.4) is 0 Å². The van der Waals surface area contributed by atoms with Crippen molar-refractivity contribution >= 4 is 0 Å². The predicted octanol–water partition coefficient (Wildman–Crippen LogP) is 1.97. The summed E-state index contributed by atoms with van der Waals surface area (Å²) in [6, 6.07) is 6.32. The van der Waals surface area contributed by atoms with Crippen LogP contribution in [-0.2, 0) is 11.3 Å². The molecule has 0 radical (unpaired) electrons. The van der Waals surface area contributed by atoms with Crippen LogP contribution in [-0.4, -0.2) is 33.0 Å². The Hall–Kier alpha value is -1.26. The van der Waals surface area contributed by atoms with Crippen LogP contribution in [0.2, 0.25) is 0 Å². The quantitative estimate of drug-likeness (QED) is 0.868. The lowest BCUT2D eigenvalue weighted by molar-refractivity contribution is 0.113. The van der Waals surface area contributed by atoms with Crippen LogP contribution in [0, 0.1) is 0 Å². The third kappa shape index (κ3) is 2.94. The van der Waals surface area contributed by atoms with Gasteiger partial charge >= 0.3 is 0 Å². The van der Waals surface area contributed by atoms with E-state index in [0.29, 0.717) is 6.04 Å². The zero-order valence-corrected chi connectivity index (χ0v) is 11.2. The molecule has 4 nitrogen and oxygen atoms in total. The summed E-state index contributed by atoms with van der Waals surface area (Å²) in [4.78, 5) is 0. The Bertz CT molecular complexity index is 395. The van der Waals surface area contributed by atoms with Crippen LogP contribution in [0.1, 0.15) is 18.9 Å². The summed E-state index contributed by atoms with van der Waals surface area (Å²) in [5, 5.41) is 3.51. The van der Waals surface area contributed by atoms with Crippen LogP contribution < -0.4 is 14.8 Å². The van der Waals surface area contributed by atoms with E-state index in [1.54, 1.807) is 14.2 Å². The zero-order valence-electron chi connectivity index (χ0n) is 11.2. The number of ether oxygens (including phenoxy) is 3. The van der Waals surface area contributed by atoms with Gasteiger partial charge in [-0.05, 0) is 19.4 Å². The van der Waals surface area contributed by atoms with Crippen molar-refractivity contribution in [1.82, 2.24) is 5.32 Å².